The number of rotatable bonds is 5. The van der Waals surface area contributed by atoms with Crippen LogP contribution >= 0.6 is 0 Å². The Morgan fingerprint density at radius 1 is 0.895 bits per heavy atom. The van der Waals surface area contributed by atoms with Gasteiger partial charge >= 0.3 is 0 Å². The minimum atomic E-state index is -0.453. The Morgan fingerprint density at radius 2 is 1.42 bits per heavy atom. The Hall–Kier alpha value is -1.64. The maximum atomic E-state index is 10.1. The Bertz CT molecular complexity index is 502. The third-order valence-electron chi connectivity index (χ3n) is 3.25. The lowest BCUT2D eigenvalue weighted by atomic mass is 10.1. The highest BCUT2D eigenvalue weighted by Crippen LogP contribution is 2.13. The molecule has 0 aliphatic rings. The summed E-state index contributed by atoms with van der Waals surface area (Å²) >= 11 is 0. The number of nitrogens with one attached hydrogen (secondary N) is 1. The zero-order valence-corrected chi connectivity index (χ0v) is 11.6. The molecule has 0 heterocycles. The molecule has 0 fully saturated rings. The fourth-order valence-electron chi connectivity index (χ4n) is 1.97. The fourth-order valence-corrected chi connectivity index (χ4v) is 1.97. The molecule has 0 aliphatic carbocycles. The predicted octanol–water partition coefficient (Wildman–Crippen LogP) is 3.13. The third kappa shape index (κ3) is 4.19. The van der Waals surface area contributed by atoms with Crippen molar-refractivity contribution in [3.63, 3.8) is 0 Å². The van der Waals surface area contributed by atoms with Gasteiger partial charge in [-0.1, -0.05) is 59.7 Å². The molecule has 1 unspecified atom stereocenters. The van der Waals surface area contributed by atoms with Crippen LogP contribution in [-0.4, -0.2) is 11.7 Å². The second-order valence-electron chi connectivity index (χ2n) is 5.04. The average Bonchev–Trinajstić information content (AvgIpc) is 2.41. The first-order valence-electron chi connectivity index (χ1n) is 6.66. The first-order chi connectivity index (χ1) is 9.15. The first-order valence-corrected chi connectivity index (χ1v) is 6.66. The van der Waals surface area contributed by atoms with Gasteiger partial charge in [0.05, 0.1) is 6.10 Å². The highest BCUT2D eigenvalue weighted by molar-refractivity contribution is 5.23. The first kappa shape index (κ1) is 13.8. The van der Waals surface area contributed by atoms with Crippen LogP contribution in [0.4, 0.5) is 0 Å². The number of aliphatic hydroxyl groups excluding tert-OH is 1. The van der Waals surface area contributed by atoms with E-state index in [2.05, 4.69) is 36.5 Å². The van der Waals surface area contributed by atoms with Crippen molar-refractivity contribution in [3.05, 3.63) is 70.8 Å². The normalized spacial score (nSPS) is 12.4. The second kappa shape index (κ2) is 6.50. The van der Waals surface area contributed by atoms with Gasteiger partial charge in [0.15, 0.2) is 0 Å². The summed E-state index contributed by atoms with van der Waals surface area (Å²) in [6.07, 6.45) is -0.453. The van der Waals surface area contributed by atoms with E-state index in [-0.39, 0.29) is 0 Å². The van der Waals surface area contributed by atoms with E-state index in [1.165, 1.54) is 16.7 Å². The standard InChI is InChI=1S/C17H21NO/c1-13-3-7-15(8-4-13)11-18-12-17(19)16-9-5-14(2)6-10-16/h3-10,17-19H,11-12H2,1-2H3. The summed E-state index contributed by atoms with van der Waals surface area (Å²) in [5, 5.41) is 13.4. The van der Waals surface area contributed by atoms with Crippen molar-refractivity contribution in [2.24, 2.45) is 0 Å². The summed E-state index contributed by atoms with van der Waals surface area (Å²) in [7, 11) is 0. The van der Waals surface area contributed by atoms with Gasteiger partial charge in [-0.2, -0.15) is 0 Å². The van der Waals surface area contributed by atoms with Crippen LogP contribution in [0.1, 0.15) is 28.4 Å². The number of aryl methyl sites for hydroxylation is 2. The van der Waals surface area contributed by atoms with Crippen molar-refractivity contribution in [3.8, 4) is 0 Å². The summed E-state index contributed by atoms with van der Waals surface area (Å²) in [6.45, 7) is 5.48. The Labute approximate surface area is 115 Å². The molecule has 2 N–H and O–H groups in total. The minimum Gasteiger partial charge on any atom is -0.387 e. The molecule has 1 atom stereocenters. The van der Waals surface area contributed by atoms with E-state index in [1.54, 1.807) is 0 Å². The van der Waals surface area contributed by atoms with Crippen molar-refractivity contribution in [2.75, 3.05) is 6.54 Å². The zero-order chi connectivity index (χ0) is 13.7. The topological polar surface area (TPSA) is 32.3 Å². The Kier molecular flexibility index (Phi) is 4.72. The van der Waals surface area contributed by atoms with E-state index in [4.69, 9.17) is 0 Å². The van der Waals surface area contributed by atoms with Crippen LogP contribution in [-0.2, 0) is 6.54 Å². The van der Waals surface area contributed by atoms with Crippen LogP contribution in [0.25, 0.3) is 0 Å². The number of benzene rings is 2. The molecule has 2 aromatic rings. The van der Waals surface area contributed by atoms with Gasteiger partial charge in [0.2, 0.25) is 0 Å². The maximum Gasteiger partial charge on any atom is 0.0914 e. The molecule has 0 radical (unpaired) electrons. The molecule has 0 saturated heterocycles. The van der Waals surface area contributed by atoms with Crippen LogP contribution in [0, 0.1) is 13.8 Å². The van der Waals surface area contributed by atoms with Gasteiger partial charge in [0.1, 0.15) is 0 Å². The van der Waals surface area contributed by atoms with E-state index in [1.807, 2.05) is 31.2 Å². The van der Waals surface area contributed by atoms with E-state index in [9.17, 15) is 5.11 Å². The molecule has 2 rings (SSSR count). The molecule has 19 heavy (non-hydrogen) atoms. The summed E-state index contributed by atoms with van der Waals surface area (Å²) in [4.78, 5) is 0. The molecule has 2 heteroatoms. The van der Waals surface area contributed by atoms with E-state index in [0.717, 1.165) is 12.1 Å². The lowest BCUT2D eigenvalue weighted by Crippen LogP contribution is -2.21. The molecular formula is C17H21NO. The van der Waals surface area contributed by atoms with Crippen molar-refractivity contribution in [1.82, 2.24) is 5.32 Å². The average molecular weight is 255 g/mol. The van der Waals surface area contributed by atoms with E-state index in [0.29, 0.717) is 6.54 Å². The van der Waals surface area contributed by atoms with Gasteiger partial charge in [0.25, 0.3) is 0 Å². The molecule has 0 bridgehead atoms. The molecule has 100 valence electrons. The van der Waals surface area contributed by atoms with Crippen LogP contribution in [0.3, 0.4) is 0 Å². The summed E-state index contributed by atoms with van der Waals surface area (Å²) in [5.74, 6) is 0. The van der Waals surface area contributed by atoms with Gasteiger partial charge in [0, 0.05) is 13.1 Å². The molecule has 0 aliphatic heterocycles. The van der Waals surface area contributed by atoms with Gasteiger partial charge in [-0.15, -0.1) is 0 Å². The molecule has 0 aromatic heterocycles. The highest BCUT2D eigenvalue weighted by atomic mass is 16.3. The second-order valence-corrected chi connectivity index (χ2v) is 5.04. The summed E-state index contributed by atoms with van der Waals surface area (Å²) in [6, 6.07) is 16.4. The van der Waals surface area contributed by atoms with Crippen LogP contribution in [0.2, 0.25) is 0 Å². The Balaban J connectivity index is 1.82. The quantitative estimate of drug-likeness (QED) is 0.860. The number of hydrogen-bond donors (Lipinski definition) is 2. The maximum absolute atomic E-state index is 10.1. The lowest BCUT2D eigenvalue weighted by molar-refractivity contribution is 0.174. The van der Waals surface area contributed by atoms with Gasteiger partial charge in [-0.3, -0.25) is 0 Å². The molecule has 0 spiro atoms. The van der Waals surface area contributed by atoms with Crippen molar-refractivity contribution < 1.29 is 5.11 Å². The van der Waals surface area contributed by atoms with E-state index >= 15 is 0 Å². The van der Waals surface area contributed by atoms with E-state index < -0.39 is 6.10 Å². The molecule has 0 saturated carbocycles. The summed E-state index contributed by atoms with van der Waals surface area (Å²) < 4.78 is 0. The van der Waals surface area contributed by atoms with Gasteiger partial charge < -0.3 is 10.4 Å². The van der Waals surface area contributed by atoms with Crippen molar-refractivity contribution in [1.29, 1.82) is 0 Å². The smallest absolute Gasteiger partial charge is 0.0914 e. The summed E-state index contributed by atoms with van der Waals surface area (Å²) in [5.41, 5.74) is 4.68. The molecule has 2 aromatic carbocycles. The predicted molar refractivity (Wildman–Crippen MR) is 79.0 cm³/mol. The van der Waals surface area contributed by atoms with Crippen molar-refractivity contribution in [2.45, 2.75) is 26.5 Å². The Morgan fingerprint density at radius 3 is 2.00 bits per heavy atom. The minimum absolute atomic E-state index is 0.453. The number of aliphatic hydroxyl groups is 1. The molecule has 0 amide bonds. The van der Waals surface area contributed by atoms with Gasteiger partial charge in [-0.05, 0) is 25.0 Å². The third-order valence-corrected chi connectivity index (χ3v) is 3.25. The highest BCUT2D eigenvalue weighted by Gasteiger charge is 2.06. The van der Waals surface area contributed by atoms with Crippen LogP contribution in [0.5, 0.6) is 0 Å². The van der Waals surface area contributed by atoms with Crippen molar-refractivity contribution >= 4 is 0 Å². The lowest BCUT2D eigenvalue weighted by Gasteiger charge is -2.12. The fraction of sp³-hybridized carbons (Fsp3) is 0.294. The SMILES string of the molecule is Cc1ccc(CNCC(O)c2ccc(C)cc2)cc1. The monoisotopic (exact) mass is 255 g/mol. The molecule has 2 nitrogen and oxygen atoms in total. The van der Waals surface area contributed by atoms with Crippen LogP contribution in [0.15, 0.2) is 48.5 Å². The largest absolute Gasteiger partial charge is 0.387 e. The van der Waals surface area contributed by atoms with Crippen LogP contribution < -0.4 is 5.32 Å². The molecular weight excluding hydrogens is 234 g/mol. The zero-order valence-electron chi connectivity index (χ0n) is 11.6. The van der Waals surface area contributed by atoms with Gasteiger partial charge in [-0.25, -0.2) is 0 Å². The number of hydrogen-bond acceptors (Lipinski definition) is 2.